The molecule has 3 aromatic carbocycles. The lowest BCUT2D eigenvalue weighted by Crippen LogP contribution is -2.52. The molecule has 0 aromatic heterocycles. The number of ether oxygens (including phenoxy) is 1. The number of piperidine rings is 1. The van der Waals surface area contributed by atoms with Crippen LogP contribution in [0.1, 0.15) is 29.0 Å². The van der Waals surface area contributed by atoms with E-state index in [2.05, 4.69) is 27.5 Å². The third-order valence-electron chi connectivity index (χ3n) is 7.05. The van der Waals surface area contributed by atoms with Crippen LogP contribution in [0.25, 0.3) is 0 Å². The molecule has 0 spiro atoms. The highest BCUT2D eigenvalue weighted by molar-refractivity contribution is 7.89. The summed E-state index contributed by atoms with van der Waals surface area (Å²) in [6, 6.07) is 24.5. The molecule has 1 saturated heterocycles. The Kier molecular flexibility index (Phi) is 12.3. The molecular formula is C31H36F3N3O6S. The number of nitrogens with one attached hydrogen (secondary N) is 3. The summed E-state index contributed by atoms with van der Waals surface area (Å²) in [7, 11) is -2.01. The summed E-state index contributed by atoms with van der Waals surface area (Å²) < 4.78 is 65.4. The van der Waals surface area contributed by atoms with E-state index < -0.39 is 22.2 Å². The zero-order chi connectivity index (χ0) is 32.3. The molecule has 1 aliphatic rings. The van der Waals surface area contributed by atoms with Crippen LogP contribution in [0.2, 0.25) is 0 Å². The molecular weight excluding hydrogens is 599 g/mol. The molecule has 4 rings (SSSR count). The van der Waals surface area contributed by atoms with E-state index in [-0.39, 0.29) is 28.7 Å². The van der Waals surface area contributed by atoms with Crippen LogP contribution < -0.4 is 20.1 Å². The van der Waals surface area contributed by atoms with Crippen LogP contribution in [0, 0.1) is 12.8 Å². The topological polar surface area (TPSA) is 134 Å². The van der Waals surface area contributed by atoms with Gasteiger partial charge in [0, 0.05) is 31.6 Å². The number of amides is 1. The van der Waals surface area contributed by atoms with Gasteiger partial charge in [-0.3, -0.25) is 4.79 Å². The van der Waals surface area contributed by atoms with E-state index in [1.807, 2.05) is 49.4 Å². The summed E-state index contributed by atoms with van der Waals surface area (Å²) in [5.41, 5.74) is 3.31. The van der Waals surface area contributed by atoms with Crippen molar-refractivity contribution in [3.05, 3.63) is 95.6 Å². The van der Waals surface area contributed by atoms with Crippen molar-refractivity contribution in [3.8, 4) is 5.75 Å². The van der Waals surface area contributed by atoms with Crippen LogP contribution in [-0.4, -0.2) is 64.4 Å². The van der Waals surface area contributed by atoms with E-state index in [9.17, 15) is 26.4 Å². The number of methoxy groups -OCH3 is 1. The second-order valence-electron chi connectivity index (χ2n) is 10.4. The van der Waals surface area contributed by atoms with Gasteiger partial charge in [0.25, 0.3) is 0 Å². The Labute approximate surface area is 254 Å². The molecule has 1 aliphatic heterocycles. The van der Waals surface area contributed by atoms with Crippen LogP contribution >= 0.6 is 0 Å². The number of rotatable bonds is 10. The molecule has 13 heteroatoms. The highest BCUT2D eigenvalue weighted by Gasteiger charge is 2.38. The summed E-state index contributed by atoms with van der Waals surface area (Å²) in [5.74, 6) is -2.23. The van der Waals surface area contributed by atoms with Gasteiger partial charge < -0.3 is 20.5 Å². The molecule has 0 saturated carbocycles. The van der Waals surface area contributed by atoms with Crippen LogP contribution in [0.15, 0.2) is 83.8 Å². The Hall–Kier alpha value is -3.94. The number of carboxylic acid groups (broad SMARTS) is 1. The fourth-order valence-corrected chi connectivity index (χ4v) is 5.93. The van der Waals surface area contributed by atoms with E-state index in [1.165, 1.54) is 0 Å². The highest BCUT2D eigenvalue weighted by Crippen LogP contribution is 2.23. The first-order valence-electron chi connectivity index (χ1n) is 13.8. The quantitative estimate of drug-likeness (QED) is 0.264. The maximum absolute atomic E-state index is 13.1. The molecule has 3 aromatic rings. The number of carbonyl (C=O) groups is 2. The number of alkyl halides is 3. The summed E-state index contributed by atoms with van der Waals surface area (Å²) in [5, 5.41) is 13.5. The van der Waals surface area contributed by atoms with Crippen molar-refractivity contribution in [1.29, 1.82) is 0 Å². The zero-order valence-electron chi connectivity index (χ0n) is 24.3. The van der Waals surface area contributed by atoms with Crippen LogP contribution in [-0.2, 0) is 26.0 Å². The molecule has 3 atom stereocenters. The predicted molar refractivity (Wildman–Crippen MR) is 159 cm³/mol. The number of sulfonamides is 1. The molecule has 0 aliphatic carbocycles. The van der Waals surface area contributed by atoms with Gasteiger partial charge in [-0.15, -0.1) is 0 Å². The lowest BCUT2D eigenvalue weighted by atomic mass is 9.91. The van der Waals surface area contributed by atoms with Crippen LogP contribution in [0.4, 0.5) is 13.2 Å². The first-order valence-corrected chi connectivity index (χ1v) is 15.3. The average Bonchev–Trinajstić information content (AvgIpc) is 3.00. The van der Waals surface area contributed by atoms with Crippen LogP contribution in [0.3, 0.4) is 0 Å². The van der Waals surface area contributed by atoms with Gasteiger partial charge in [0.1, 0.15) is 5.75 Å². The number of carbonyl (C=O) groups excluding carboxylic acids is 1. The number of carboxylic acids is 1. The first-order chi connectivity index (χ1) is 20.8. The Bertz CT molecular complexity index is 1470. The normalized spacial score (nSPS) is 17.5. The van der Waals surface area contributed by atoms with Gasteiger partial charge in [-0.05, 0) is 55.2 Å². The van der Waals surface area contributed by atoms with Crippen molar-refractivity contribution in [1.82, 2.24) is 15.4 Å². The van der Waals surface area contributed by atoms with Gasteiger partial charge in [-0.1, -0.05) is 60.2 Å². The maximum Gasteiger partial charge on any atom is 0.490 e. The summed E-state index contributed by atoms with van der Waals surface area (Å²) in [6.07, 6.45) is -3.87. The summed E-state index contributed by atoms with van der Waals surface area (Å²) in [4.78, 5) is 22.3. The largest absolute Gasteiger partial charge is 0.497 e. The Morgan fingerprint density at radius 2 is 1.61 bits per heavy atom. The highest BCUT2D eigenvalue weighted by atomic mass is 32.2. The van der Waals surface area contributed by atoms with Crippen molar-refractivity contribution in [2.24, 2.45) is 5.92 Å². The Morgan fingerprint density at radius 1 is 1.00 bits per heavy atom. The van der Waals surface area contributed by atoms with Crippen molar-refractivity contribution in [2.75, 3.05) is 26.7 Å². The number of aryl methyl sites for hydroxylation is 1. The molecule has 1 unspecified atom stereocenters. The SMILES string of the molecule is COc1ccc(CC(CNC(=O)[C@@H]2CNC[C@H](NS(=O)(=O)c3ccc(C)cc3)C2)c2ccccc2)cc1.O=C(O)C(F)(F)F. The lowest BCUT2D eigenvalue weighted by Gasteiger charge is -2.30. The van der Waals surface area contributed by atoms with E-state index >= 15 is 0 Å². The van der Waals surface area contributed by atoms with Gasteiger partial charge in [0.15, 0.2) is 0 Å². The fraction of sp³-hybridized carbons (Fsp3) is 0.355. The molecule has 0 radical (unpaired) electrons. The fourth-order valence-electron chi connectivity index (χ4n) is 4.68. The molecule has 9 nitrogen and oxygen atoms in total. The van der Waals surface area contributed by atoms with Gasteiger partial charge in [-0.2, -0.15) is 13.2 Å². The molecule has 1 heterocycles. The average molecular weight is 636 g/mol. The van der Waals surface area contributed by atoms with Crippen molar-refractivity contribution < 1.29 is 41.0 Å². The van der Waals surface area contributed by atoms with Gasteiger partial charge in [-0.25, -0.2) is 17.9 Å². The minimum Gasteiger partial charge on any atom is -0.497 e. The Balaban J connectivity index is 0.000000676. The minimum absolute atomic E-state index is 0.0672. The van der Waals surface area contributed by atoms with Gasteiger partial charge in [0.2, 0.25) is 15.9 Å². The van der Waals surface area contributed by atoms with Crippen molar-refractivity contribution in [2.45, 2.75) is 42.8 Å². The predicted octanol–water partition coefficient (Wildman–Crippen LogP) is 4.04. The van der Waals surface area contributed by atoms with E-state index in [1.54, 1.807) is 31.4 Å². The maximum atomic E-state index is 13.1. The van der Waals surface area contributed by atoms with E-state index in [0.717, 1.165) is 28.9 Å². The lowest BCUT2D eigenvalue weighted by molar-refractivity contribution is -0.192. The second-order valence-corrected chi connectivity index (χ2v) is 12.1. The van der Waals surface area contributed by atoms with Gasteiger partial charge >= 0.3 is 12.1 Å². The Morgan fingerprint density at radius 3 is 2.18 bits per heavy atom. The number of aliphatic carboxylic acids is 1. The van der Waals surface area contributed by atoms with E-state index in [0.29, 0.717) is 26.1 Å². The zero-order valence-corrected chi connectivity index (χ0v) is 25.1. The standard InChI is InChI=1S/C29H35N3O4S.C2HF3O2/c1-21-8-14-28(15-9-21)37(34,35)32-26-17-25(18-30-20-26)29(33)31-19-24(23-6-4-3-5-7-23)16-22-10-12-27(36-2)13-11-22;3-2(4,5)1(6)7/h3-15,24-26,30,32H,16-20H2,1-2H3,(H,31,33);(H,6,7)/t24?,25-,26+;/m0./s1. The number of hydrogen-bond donors (Lipinski definition) is 4. The molecule has 0 bridgehead atoms. The van der Waals surface area contributed by atoms with Crippen molar-refractivity contribution in [3.63, 3.8) is 0 Å². The summed E-state index contributed by atoms with van der Waals surface area (Å²) in [6.45, 7) is 3.41. The minimum atomic E-state index is -5.08. The number of halogens is 3. The van der Waals surface area contributed by atoms with Crippen LogP contribution in [0.5, 0.6) is 5.75 Å². The van der Waals surface area contributed by atoms with Crippen molar-refractivity contribution >= 4 is 21.9 Å². The third-order valence-corrected chi connectivity index (χ3v) is 8.59. The molecule has 4 N–H and O–H groups in total. The van der Waals surface area contributed by atoms with Gasteiger partial charge in [0.05, 0.1) is 17.9 Å². The molecule has 1 fully saturated rings. The third kappa shape index (κ3) is 10.6. The van der Waals surface area contributed by atoms with E-state index in [4.69, 9.17) is 14.6 Å². The molecule has 1 amide bonds. The smallest absolute Gasteiger partial charge is 0.490 e. The number of hydrogen-bond acceptors (Lipinski definition) is 6. The summed E-state index contributed by atoms with van der Waals surface area (Å²) >= 11 is 0. The monoisotopic (exact) mass is 635 g/mol. The first kappa shape index (κ1) is 34.5. The second kappa shape index (κ2) is 15.7. The molecule has 238 valence electrons. The number of benzene rings is 3. The molecule has 44 heavy (non-hydrogen) atoms.